The highest BCUT2D eigenvalue weighted by molar-refractivity contribution is 9.10. The first-order valence-corrected chi connectivity index (χ1v) is 5.51. The molecule has 0 saturated heterocycles. The SMILES string of the molecule is OC(Cc1cccc(Br)c1)c1ccco1. The topological polar surface area (TPSA) is 33.4 Å². The molecule has 0 aliphatic carbocycles. The van der Waals surface area contributed by atoms with Crippen molar-refractivity contribution in [2.75, 3.05) is 0 Å². The molecule has 1 atom stereocenters. The molecule has 0 fully saturated rings. The Morgan fingerprint density at radius 3 is 2.80 bits per heavy atom. The summed E-state index contributed by atoms with van der Waals surface area (Å²) in [5.41, 5.74) is 1.08. The molecule has 3 heteroatoms. The fourth-order valence-corrected chi connectivity index (χ4v) is 1.92. The van der Waals surface area contributed by atoms with E-state index in [0.717, 1.165) is 10.0 Å². The van der Waals surface area contributed by atoms with Crippen molar-refractivity contribution in [1.82, 2.24) is 0 Å². The van der Waals surface area contributed by atoms with Gasteiger partial charge in [0.2, 0.25) is 0 Å². The molecule has 1 N–H and O–H groups in total. The van der Waals surface area contributed by atoms with Crippen molar-refractivity contribution >= 4 is 15.9 Å². The summed E-state index contributed by atoms with van der Waals surface area (Å²) in [5.74, 6) is 0.606. The van der Waals surface area contributed by atoms with Crippen LogP contribution in [0.2, 0.25) is 0 Å². The van der Waals surface area contributed by atoms with Gasteiger partial charge in [-0.25, -0.2) is 0 Å². The van der Waals surface area contributed by atoms with Crippen LogP contribution in [0.1, 0.15) is 17.4 Å². The summed E-state index contributed by atoms with van der Waals surface area (Å²) in [6.07, 6.45) is 1.56. The number of hydrogen-bond donors (Lipinski definition) is 1. The van der Waals surface area contributed by atoms with Crippen LogP contribution in [0, 0.1) is 0 Å². The van der Waals surface area contributed by atoms with E-state index in [9.17, 15) is 5.11 Å². The smallest absolute Gasteiger partial charge is 0.132 e. The molecule has 1 heterocycles. The monoisotopic (exact) mass is 266 g/mol. The molecule has 2 rings (SSSR count). The zero-order valence-corrected chi connectivity index (χ0v) is 9.65. The van der Waals surface area contributed by atoms with E-state index in [-0.39, 0.29) is 0 Å². The van der Waals surface area contributed by atoms with Gasteiger partial charge >= 0.3 is 0 Å². The number of furan rings is 1. The number of rotatable bonds is 3. The fraction of sp³-hybridized carbons (Fsp3) is 0.167. The van der Waals surface area contributed by atoms with Gasteiger partial charge in [0.15, 0.2) is 0 Å². The van der Waals surface area contributed by atoms with Crippen LogP contribution in [-0.4, -0.2) is 5.11 Å². The van der Waals surface area contributed by atoms with Crippen molar-refractivity contribution in [3.63, 3.8) is 0 Å². The van der Waals surface area contributed by atoms with Gasteiger partial charge in [-0.3, -0.25) is 0 Å². The molecule has 0 radical (unpaired) electrons. The second-order valence-electron chi connectivity index (χ2n) is 3.37. The van der Waals surface area contributed by atoms with Crippen molar-refractivity contribution in [1.29, 1.82) is 0 Å². The highest BCUT2D eigenvalue weighted by atomic mass is 79.9. The van der Waals surface area contributed by atoms with Crippen molar-refractivity contribution < 1.29 is 9.52 Å². The van der Waals surface area contributed by atoms with Crippen LogP contribution in [0.25, 0.3) is 0 Å². The highest BCUT2D eigenvalue weighted by Crippen LogP contribution is 2.20. The third kappa shape index (κ3) is 2.70. The number of aliphatic hydroxyl groups is 1. The summed E-state index contributed by atoms with van der Waals surface area (Å²) in [6.45, 7) is 0. The predicted molar refractivity (Wildman–Crippen MR) is 61.5 cm³/mol. The first-order valence-electron chi connectivity index (χ1n) is 4.71. The number of benzene rings is 1. The van der Waals surface area contributed by atoms with Gasteiger partial charge in [-0.05, 0) is 29.8 Å². The van der Waals surface area contributed by atoms with Crippen LogP contribution in [0.5, 0.6) is 0 Å². The Labute approximate surface area is 96.7 Å². The van der Waals surface area contributed by atoms with Gasteiger partial charge in [0.1, 0.15) is 11.9 Å². The van der Waals surface area contributed by atoms with Crippen LogP contribution in [0.4, 0.5) is 0 Å². The minimum absolute atomic E-state index is 0.562. The molecule has 0 aliphatic heterocycles. The lowest BCUT2D eigenvalue weighted by molar-refractivity contribution is 0.150. The summed E-state index contributed by atoms with van der Waals surface area (Å²) in [6, 6.07) is 11.4. The normalized spacial score (nSPS) is 12.7. The molecule has 1 aromatic carbocycles. The van der Waals surface area contributed by atoms with Gasteiger partial charge in [-0.2, -0.15) is 0 Å². The third-order valence-electron chi connectivity index (χ3n) is 2.19. The molecule has 2 nitrogen and oxygen atoms in total. The Morgan fingerprint density at radius 1 is 1.27 bits per heavy atom. The maximum atomic E-state index is 9.84. The van der Waals surface area contributed by atoms with E-state index in [1.54, 1.807) is 18.4 Å². The Bertz CT molecular complexity index is 423. The van der Waals surface area contributed by atoms with Gasteiger partial charge < -0.3 is 9.52 Å². The lowest BCUT2D eigenvalue weighted by atomic mass is 10.1. The molecule has 0 spiro atoms. The van der Waals surface area contributed by atoms with Crippen LogP contribution in [0.15, 0.2) is 51.6 Å². The molecule has 78 valence electrons. The van der Waals surface area contributed by atoms with Crippen molar-refractivity contribution in [2.24, 2.45) is 0 Å². The van der Waals surface area contributed by atoms with Gasteiger partial charge in [0.05, 0.1) is 6.26 Å². The van der Waals surface area contributed by atoms with Crippen molar-refractivity contribution in [3.05, 3.63) is 58.5 Å². The predicted octanol–water partition coefficient (Wildman–Crippen LogP) is 3.32. The number of halogens is 1. The average molecular weight is 267 g/mol. The maximum Gasteiger partial charge on any atom is 0.132 e. The maximum absolute atomic E-state index is 9.84. The standard InChI is InChI=1S/C12H11BrO2/c13-10-4-1-3-9(7-10)8-11(14)12-5-2-6-15-12/h1-7,11,14H,8H2. The quantitative estimate of drug-likeness (QED) is 0.925. The van der Waals surface area contributed by atoms with Crippen LogP contribution in [0.3, 0.4) is 0 Å². The number of aliphatic hydroxyl groups excluding tert-OH is 1. The largest absolute Gasteiger partial charge is 0.467 e. The first kappa shape index (κ1) is 10.5. The summed E-state index contributed by atoms with van der Waals surface area (Å²) < 4.78 is 6.16. The summed E-state index contributed by atoms with van der Waals surface area (Å²) in [5, 5.41) is 9.84. The molecule has 0 saturated carbocycles. The molecule has 1 unspecified atom stereocenters. The van der Waals surface area contributed by atoms with Crippen LogP contribution >= 0.6 is 15.9 Å². The molecular formula is C12H11BrO2. The van der Waals surface area contributed by atoms with Crippen molar-refractivity contribution in [2.45, 2.75) is 12.5 Å². The van der Waals surface area contributed by atoms with E-state index >= 15 is 0 Å². The van der Waals surface area contributed by atoms with E-state index in [4.69, 9.17) is 4.42 Å². The Hall–Kier alpha value is -1.06. The van der Waals surface area contributed by atoms with E-state index in [0.29, 0.717) is 12.2 Å². The Balaban J connectivity index is 2.09. The van der Waals surface area contributed by atoms with Gasteiger partial charge in [-0.15, -0.1) is 0 Å². The molecule has 0 amide bonds. The van der Waals surface area contributed by atoms with E-state index in [2.05, 4.69) is 15.9 Å². The van der Waals surface area contributed by atoms with Crippen molar-refractivity contribution in [3.8, 4) is 0 Å². The average Bonchev–Trinajstić information content (AvgIpc) is 2.70. The summed E-state index contributed by atoms with van der Waals surface area (Å²) >= 11 is 3.40. The molecule has 15 heavy (non-hydrogen) atoms. The lowest BCUT2D eigenvalue weighted by Gasteiger charge is -2.07. The Kier molecular flexibility index (Phi) is 3.23. The third-order valence-corrected chi connectivity index (χ3v) is 2.68. The highest BCUT2D eigenvalue weighted by Gasteiger charge is 2.10. The molecule has 2 aromatic rings. The minimum Gasteiger partial charge on any atom is -0.467 e. The Morgan fingerprint density at radius 2 is 2.13 bits per heavy atom. The summed E-state index contributed by atoms with van der Waals surface area (Å²) in [7, 11) is 0. The molecule has 1 aromatic heterocycles. The van der Waals surface area contributed by atoms with Crippen LogP contribution < -0.4 is 0 Å². The second-order valence-corrected chi connectivity index (χ2v) is 4.28. The van der Waals surface area contributed by atoms with E-state index in [1.807, 2.05) is 24.3 Å². The second kappa shape index (κ2) is 4.64. The number of hydrogen-bond acceptors (Lipinski definition) is 2. The molecular weight excluding hydrogens is 256 g/mol. The zero-order valence-electron chi connectivity index (χ0n) is 8.06. The van der Waals surface area contributed by atoms with E-state index in [1.165, 1.54) is 0 Å². The molecule has 0 bridgehead atoms. The lowest BCUT2D eigenvalue weighted by Crippen LogP contribution is -2.00. The van der Waals surface area contributed by atoms with Gasteiger partial charge in [0, 0.05) is 10.9 Å². The van der Waals surface area contributed by atoms with Gasteiger partial charge in [-0.1, -0.05) is 28.1 Å². The zero-order chi connectivity index (χ0) is 10.7. The minimum atomic E-state index is -0.575. The molecule has 0 aliphatic rings. The first-order chi connectivity index (χ1) is 7.25. The fourth-order valence-electron chi connectivity index (χ4n) is 1.47. The van der Waals surface area contributed by atoms with Gasteiger partial charge in [0.25, 0.3) is 0 Å². The van der Waals surface area contributed by atoms with Crippen LogP contribution in [-0.2, 0) is 6.42 Å². The summed E-state index contributed by atoms with van der Waals surface area (Å²) in [4.78, 5) is 0. The van der Waals surface area contributed by atoms with E-state index < -0.39 is 6.10 Å².